The SMILES string of the molecule is O=C(NO)c1ccc(CN2C(=O)CN(CCc3ccccc3)C2=O)cc1. The minimum absolute atomic E-state index is 0.0800. The molecule has 4 amide bonds. The zero-order valence-electron chi connectivity index (χ0n) is 14.1. The van der Waals surface area contributed by atoms with E-state index in [-0.39, 0.29) is 25.0 Å². The van der Waals surface area contributed by atoms with Gasteiger partial charge in [0.1, 0.15) is 6.54 Å². The number of urea groups is 1. The van der Waals surface area contributed by atoms with Gasteiger partial charge in [-0.1, -0.05) is 42.5 Å². The standard InChI is InChI=1S/C19H19N3O4/c23-17-13-21(11-10-14-4-2-1-3-5-14)19(25)22(17)12-15-6-8-16(9-7-15)18(24)20-26/h1-9,26H,10-13H2,(H,20,24). The molecule has 1 saturated heterocycles. The Kier molecular flexibility index (Phi) is 5.28. The van der Waals surface area contributed by atoms with Crippen LogP contribution in [0.4, 0.5) is 4.79 Å². The average molecular weight is 353 g/mol. The first-order valence-electron chi connectivity index (χ1n) is 8.25. The first-order valence-corrected chi connectivity index (χ1v) is 8.25. The number of amides is 4. The molecule has 2 aromatic carbocycles. The highest BCUT2D eigenvalue weighted by Gasteiger charge is 2.35. The summed E-state index contributed by atoms with van der Waals surface area (Å²) >= 11 is 0. The van der Waals surface area contributed by atoms with E-state index in [1.807, 2.05) is 30.3 Å². The van der Waals surface area contributed by atoms with Crippen LogP contribution in [0.1, 0.15) is 21.5 Å². The molecule has 134 valence electrons. The third-order valence-corrected chi connectivity index (χ3v) is 4.30. The van der Waals surface area contributed by atoms with Crippen molar-refractivity contribution in [2.75, 3.05) is 13.1 Å². The fourth-order valence-corrected chi connectivity index (χ4v) is 2.84. The lowest BCUT2D eigenvalue weighted by molar-refractivity contribution is -0.125. The number of carbonyl (C=O) groups is 3. The third kappa shape index (κ3) is 3.89. The Morgan fingerprint density at radius 2 is 1.69 bits per heavy atom. The van der Waals surface area contributed by atoms with E-state index < -0.39 is 5.91 Å². The van der Waals surface area contributed by atoms with Crippen LogP contribution >= 0.6 is 0 Å². The minimum atomic E-state index is -0.614. The van der Waals surface area contributed by atoms with E-state index in [2.05, 4.69) is 0 Å². The second-order valence-corrected chi connectivity index (χ2v) is 6.06. The van der Waals surface area contributed by atoms with Crippen LogP contribution in [0.3, 0.4) is 0 Å². The van der Waals surface area contributed by atoms with Gasteiger partial charge >= 0.3 is 6.03 Å². The van der Waals surface area contributed by atoms with Gasteiger partial charge in [-0.25, -0.2) is 10.3 Å². The molecule has 0 spiro atoms. The van der Waals surface area contributed by atoms with Crippen LogP contribution in [0.15, 0.2) is 54.6 Å². The smallest absolute Gasteiger partial charge is 0.315 e. The number of nitrogens with one attached hydrogen (secondary N) is 1. The summed E-state index contributed by atoms with van der Waals surface area (Å²) in [7, 11) is 0. The molecule has 7 nitrogen and oxygen atoms in total. The van der Waals surface area contributed by atoms with Gasteiger partial charge in [-0.3, -0.25) is 19.7 Å². The van der Waals surface area contributed by atoms with Crippen LogP contribution in [-0.4, -0.2) is 45.9 Å². The second-order valence-electron chi connectivity index (χ2n) is 6.06. The summed E-state index contributed by atoms with van der Waals surface area (Å²) in [6, 6.07) is 15.9. The molecule has 0 atom stereocenters. The number of benzene rings is 2. The van der Waals surface area contributed by atoms with Crippen molar-refractivity contribution in [2.24, 2.45) is 0 Å². The van der Waals surface area contributed by atoms with Crippen molar-refractivity contribution in [3.63, 3.8) is 0 Å². The van der Waals surface area contributed by atoms with Crippen LogP contribution in [0, 0.1) is 0 Å². The molecule has 3 rings (SSSR count). The van der Waals surface area contributed by atoms with Gasteiger partial charge in [-0.15, -0.1) is 0 Å². The maximum absolute atomic E-state index is 12.5. The fourth-order valence-electron chi connectivity index (χ4n) is 2.84. The highest BCUT2D eigenvalue weighted by atomic mass is 16.5. The molecule has 1 heterocycles. The Balaban J connectivity index is 1.61. The van der Waals surface area contributed by atoms with Gasteiger partial charge in [0, 0.05) is 12.1 Å². The molecule has 1 aliphatic heterocycles. The molecule has 2 aromatic rings. The van der Waals surface area contributed by atoms with E-state index in [4.69, 9.17) is 5.21 Å². The molecular formula is C19H19N3O4. The quantitative estimate of drug-likeness (QED) is 0.471. The first kappa shape index (κ1) is 17.6. The lowest BCUT2D eigenvalue weighted by Gasteiger charge is -2.17. The predicted molar refractivity (Wildman–Crippen MR) is 93.4 cm³/mol. The third-order valence-electron chi connectivity index (χ3n) is 4.30. The summed E-state index contributed by atoms with van der Waals surface area (Å²) in [6.07, 6.45) is 0.693. The normalized spacial score (nSPS) is 14.0. The average Bonchev–Trinajstić information content (AvgIpc) is 2.94. The fraction of sp³-hybridized carbons (Fsp3) is 0.211. The number of hydroxylamine groups is 1. The second kappa shape index (κ2) is 7.79. The van der Waals surface area contributed by atoms with Crippen LogP contribution in [-0.2, 0) is 17.8 Å². The van der Waals surface area contributed by atoms with Crippen LogP contribution in [0.2, 0.25) is 0 Å². The van der Waals surface area contributed by atoms with E-state index >= 15 is 0 Å². The molecule has 0 radical (unpaired) electrons. The van der Waals surface area contributed by atoms with E-state index in [9.17, 15) is 14.4 Å². The monoisotopic (exact) mass is 353 g/mol. The largest absolute Gasteiger partial charge is 0.327 e. The summed E-state index contributed by atoms with van der Waals surface area (Å²) in [5.74, 6) is -0.850. The Morgan fingerprint density at radius 3 is 2.35 bits per heavy atom. The molecule has 0 bridgehead atoms. The van der Waals surface area contributed by atoms with Crippen molar-refractivity contribution < 1.29 is 19.6 Å². The maximum Gasteiger partial charge on any atom is 0.327 e. The summed E-state index contributed by atoms with van der Waals surface area (Å²) in [5.41, 5.74) is 3.69. The van der Waals surface area contributed by atoms with E-state index in [1.165, 1.54) is 17.0 Å². The highest BCUT2D eigenvalue weighted by molar-refractivity contribution is 6.02. The van der Waals surface area contributed by atoms with Crippen molar-refractivity contribution in [3.8, 4) is 0 Å². The number of carbonyl (C=O) groups excluding carboxylic acids is 3. The van der Waals surface area contributed by atoms with Crippen molar-refractivity contribution in [1.29, 1.82) is 0 Å². The maximum atomic E-state index is 12.5. The van der Waals surface area contributed by atoms with Crippen LogP contribution in [0.25, 0.3) is 0 Å². The van der Waals surface area contributed by atoms with Crippen molar-refractivity contribution >= 4 is 17.8 Å². The van der Waals surface area contributed by atoms with E-state index in [0.29, 0.717) is 18.5 Å². The molecule has 2 N–H and O–H groups in total. The molecule has 1 fully saturated rings. The van der Waals surface area contributed by atoms with E-state index in [1.54, 1.807) is 22.5 Å². The van der Waals surface area contributed by atoms with Gasteiger partial charge in [0.25, 0.3) is 11.8 Å². The van der Waals surface area contributed by atoms with Crippen molar-refractivity contribution in [2.45, 2.75) is 13.0 Å². The summed E-state index contributed by atoms with van der Waals surface area (Å²) < 4.78 is 0. The highest BCUT2D eigenvalue weighted by Crippen LogP contribution is 2.16. The van der Waals surface area contributed by atoms with Gasteiger partial charge < -0.3 is 4.90 Å². The molecule has 0 unspecified atom stereocenters. The van der Waals surface area contributed by atoms with Crippen LogP contribution < -0.4 is 5.48 Å². The number of nitrogens with zero attached hydrogens (tertiary/aromatic N) is 2. The van der Waals surface area contributed by atoms with Gasteiger partial charge in [-0.05, 0) is 29.7 Å². The lowest BCUT2D eigenvalue weighted by atomic mass is 10.1. The minimum Gasteiger partial charge on any atom is -0.315 e. The number of hydrogen-bond donors (Lipinski definition) is 2. The lowest BCUT2D eigenvalue weighted by Crippen LogP contribution is -2.33. The zero-order valence-corrected chi connectivity index (χ0v) is 14.1. The molecule has 26 heavy (non-hydrogen) atoms. The molecular weight excluding hydrogens is 334 g/mol. The Bertz CT molecular complexity index is 805. The molecule has 0 saturated carbocycles. The Hall–Kier alpha value is -3.19. The molecule has 0 aromatic heterocycles. The van der Waals surface area contributed by atoms with Gasteiger partial charge in [-0.2, -0.15) is 0 Å². The topological polar surface area (TPSA) is 89.9 Å². The number of hydrogen-bond acceptors (Lipinski definition) is 4. The number of rotatable bonds is 6. The van der Waals surface area contributed by atoms with Crippen molar-refractivity contribution in [1.82, 2.24) is 15.3 Å². The summed E-state index contributed by atoms with van der Waals surface area (Å²) in [4.78, 5) is 38.8. The van der Waals surface area contributed by atoms with Crippen molar-refractivity contribution in [3.05, 3.63) is 71.3 Å². The van der Waals surface area contributed by atoms with Gasteiger partial charge in [0.15, 0.2) is 0 Å². The summed E-state index contributed by atoms with van der Waals surface area (Å²) in [6.45, 7) is 0.720. The zero-order chi connectivity index (χ0) is 18.5. The predicted octanol–water partition coefficient (Wildman–Crippen LogP) is 1.81. The Labute approximate surface area is 150 Å². The molecule has 7 heteroatoms. The van der Waals surface area contributed by atoms with Gasteiger partial charge in [0.2, 0.25) is 0 Å². The first-order chi connectivity index (χ1) is 12.6. The van der Waals surface area contributed by atoms with E-state index in [0.717, 1.165) is 11.1 Å². The molecule has 1 aliphatic rings. The molecule has 0 aliphatic carbocycles. The Morgan fingerprint density at radius 1 is 1.00 bits per heavy atom. The van der Waals surface area contributed by atoms with Gasteiger partial charge in [0.05, 0.1) is 6.54 Å². The van der Waals surface area contributed by atoms with Crippen LogP contribution in [0.5, 0.6) is 0 Å². The summed E-state index contributed by atoms with van der Waals surface area (Å²) in [5, 5.41) is 8.62. The number of imide groups is 1.